The average molecular weight is 585 g/mol. The monoisotopic (exact) mass is 584 g/mol. The Kier molecular flexibility index (Phi) is 7.47. The van der Waals surface area contributed by atoms with Crippen LogP contribution in [0, 0.1) is 6.92 Å². The molecule has 0 radical (unpaired) electrons. The summed E-state index contributed by atoms with van der Waals surface area (Å²) in [5, 5.41) is 4.54. The predicted octanol–water partition coefficient (Wildman–Crippen LogP) is 6.55. The Morgan fingerprint density at radius 2 is 1.69 bits per heavy atom. The van der Waals surface area contributed by atoms with Crippen molar-refractivity contribution in [3.05, 3.63) is 106 Å². The molecule has 4 aromatic rings. The second-order valence-corrected chi connectivity index (χ2v) is 9.80. The van der Waals surface area contributed by atoms with E-state index in [1.807, 2.05) is 19.1 Å². The number of urea groups is 1. The number of hydrogen-bond donors (Lipinski definition) is 1. The van der Waals surface area contributed by atoms with Crippen LogP contribution in [0.15, 0.2) is 88.9 Å². The number of imide groups is 2. The highest BCUT2D eigenvalue weighted by Gasteiger charge is 2.36. The summed E-state index contributed by atoms with van der Waals surface area (Å²) in [5.41, 5.74) is 3.01. The van der Waals surface area contributed by atoms with Crippen LogP contribution in [0.1, 0.15) is 23.6 Å². The molecule has 4 aromatic carbocycles. The predicted molar refractivity (Wildman–Crippen MR) is 154 cm³/mol. The van der Waals surface area contributed by atoms with Crippen LogP contribution < -0.4 is 19.7 Å². The highest BCUT2D eigenvalue weighted by atomic mass is 79.9. The fraction of sp³-hybridized carbons (Fsp3) is 0.129. The maximum atomic E-state index is 13.2. The third-order valence-electron chi connectivity index (χ3n) is 6.42. The number of nitrogens with one attached hydrogen (secondary N) is 1. The molecule has 0 saturated carbocycles. The lowest BCUT2D eigenvalue weighted by Gasteiger charge is -2.26. The molecular formula is C31H25BrN2O5. The lowest BCUT2D eigenvalue weighted by atomic mass is 10.0. The van der Waals surface area contributed by atoms with Gasteiger partial charge in [-0.15, -0.1) is 0 Å². The van der Waals surface area contributed by atoms with Crippen molar-refractivity contribution < 1.29 is 23.9 Å². The van der Waals surface area contributed by atoms with Crippen LogP contribution in [-0.4, -0.2) is 24.5 Å². The molecule has 0 bridgehead atoms. The van der Waals surface area contributed by atoms with Crippen LogP contribution in [0.25, 0.3) is 16.8 Å². The summed E-state index contributed by atoms with van der Waals surface area (Å²) in [7, 11) is 0. The molecule has 1 saturated heterocycles. The van der Waals surface area contributed by atoms with Gasteiger partial charge in [-0.05, 0) is 94.2 Å². The summed E-state index contributed by atoms with van der Waals surface area (Å²) in [6.07, 6.45) is 1.45. The van der Waals surface area contributed by atoms with E-state index in [9.17, 15) is 14.4 Å². The third kappa shape index (κ3) is 5.42. The highest BCUT2D eigenvalue weighted by molar-refractivity contribution is 9.10. The average Bonchev–Trinajstić information content (AvgIpc) is 2.92. The summed E-state index contributed by atoms with van der Waals surface area (Å²) < 4.78 is 12.2. The number of benzene rings is 4. The first kappa shape index (κ1) is 26.2. The summed E-state index contributed by atoms with van der Waals surface area (Å²) in [5.74, 6) is -0.235. The number of rotatable bonds is 7. The van der Waals surface area contributed by atoms with E-state index < -0.39 is 17.8 Å². The van der Waals surface area contributed by atoms with Gasteiger partial charge in [0.05, 0.1) is 16.8 Å². The van der Waals surface area contributed by atoms with Crippen molar-refractivity contribution >= 4 is 56.3 Å². The minimum Gasteiger partial charge on any atom is -0.494 e. The second-order valence-electron chi connectivity index (χ2n) is 8.95. The maximum absolute atomic E-state index is 13.2. The van der Waals surface area contributed by atoms with E-state index in [0.717, 1.165) is 26.8 Å². The zero-order valence-electron chi connectivity index (χ0n) is 21.4. The van der Waals surface area contributed by atoms with Gasteiger partial charge in [-0.2, -0.15) is 0 Å². The third-order valence-corrected chi connectivity index (χ3v) is 7.04. The Morgan fingerprint density at radius 1 is 0.923 bits per heavy atom. The number of barbiturate groups is 1. The minimum absolute atomic E-state index is 0.157. The molecule has 196 valence electrons. The van der Waals surface area contributed by atoms with E-state index in [1.165, 1.54) is 6.08 Å². The molecule has 1 fully saturated rings. The lowest BCUT2D eigenvalue weighted by Crippen LogP contribution is -2.54. The van der Waals surface area contributed by atoms with Gasteiger partial charge in [0.1, 0.15) is 23.7 Å². The normalized spacial score (nSPS) is 14.6. The number of nitrogens with zero attached hydrogens (tertiary/aromatic N) is 1. The van der Waals surface area contributed by atoms with Gasteiger partial charge < -0.3 is 9.47 Å². The molecule has 0 unspecified atom stereocenters. The number of fused-ring (bicyclic) bond motifs is 1. The molecule has 5 rings (SSSR count). The Bertz CT molecular complexity index is 1630. The maximum Gasteiger partial charge on any atom is 0.335 e. The van der Waals surface area contributed by atoms with Crippen LogP contribution in [0.3, 0.4) is 0 Å². The smallest absolute Gasteiger partial charge is 0.335 e. The summed E-state index contributed by atoms with van der Waals surface area (Å²) in [6, 6.07) is 23.3. The molecule has 39 heavy (non-hydrogen) atoms. The summed E-state index contributed by atoms with van der Waals surface area (Å²) in [4.78, 5) is 39.2. The Balaban J connectivity index is 1.37. The first-order valence-corrected chi connectivity index (χ1v) is 13.2. The number of hydrogen-bond acceptors (Lipinski definition) is 5. The first-order valence-electron chi connectivity index (χ1n) is 12.4. The topological polar surface area (TPSA) is 84.9 Å². The second kappa shape index (κ2) is 11.1. The van der Waals surface area contributed by atoms with Crippen molar-refractivity contribution in [3.8, 4) is 11.5 Å². The van der Waals surface area contributed by atoms with Gasteiger partial charge in [0.2, 0.25) is 0 Å². The Labute approximate surface area is 234 Å². The van der Waals surface area contributed by atoms with Gasteiger partial charge in [-0.1, -0.05) is 42.5 Å². The van der Waals surface area contributed by atoms with Crippen LogP contribution in [0.4, 0.5) is 10.5 Å². The molecule has 0 spiro atoms. The molecule has 8 heteroatoms. The van der Waals surface area contributed by atoms with Gasteiger partial charge in [0.25, 0.3) is 11.8 Å². The number of ether oxygens (including phenoxy) is 2. The van der Waals surface area contributed by atoms with Gasteiger partial charge in [0.15, 0.2) is 0 Å². The Morgan fingerprint density at radius 3 is 2.44 bits per heavy atom. The fourth-order valence-corrected chi connectivity index (χ4v) is 4.94. The number of anilines is 1. The summed E-state index contributed by atoms with van der Waals surface area (Å²) in [6.45, 7) is 4.79. The van der Waals surface area contributed by atoms with Gasteiger partial charge >= 0.3 is 6.03 Å². The number of aryl methyl sites for hydroxylation is 1. The number of halogens is 1. The van der Waals surface area contributed by atoms with E-state index in [1.54, 1.807) is 42.5 Å². The molecule has 1 heterocycles. The molecule has 0 aliphatic carbocycles. The van der Waals surface area contributed by atoms with Gasteiger partial charge in [-0.25, -0.2) is 9.69 Å². The minimum atomic E-state index is -0.806. The van der Waals surface area contributed by atoms with Gasteiger partial charge in [0, 0.05) is 5.56 Å². The SMILES string of the molecule is CCOc1ccc(N2C(=O)NC(=O)/C(=C\c3ccc(OCc4c(C)ccc5ccccc45)c(Br)c3)C2=O)cc1. The van der Waals surface area contributed by atoms with E-state index in [2.05, 4.69) is 52.4 Å². The molecule has 1 N–H and O–H groups in total. The molecular weight excluding hydrogens is 560 g/mol. The van der Waals surface area contributed by atoms with Crippen molar-refractivity contribution in [1.29, 1.82) is 0 Å². The molecule has 1 aliphatic heterocycles. The molecule has 0 aromatic heterocycles. The van der Waals surface area contributed by atoms with Crippen LogP contribution in [0.2, 0.25) is 0 Å². The first-order chi connectivity index (χ1) is 18.9. The number of carbonyl (C=O) groups excluding carboxylic acids is 3. The van der Waals surface area contributed by atoms with Crippen molar-refractivity contribution in [3.63, 3.8) is 0 Å². The van der Waals surface area contributed by atoms with Crippen LogP contribution in [-0.2, 0) is 16.2 Å². The molecule has 7 nitrogen and oxygen atoms in total. The van der Waals surface area contributed by atoms with E-state index >= 15 is 0 Å². The van der Waals surface area contributed by atoms with E-state index in [-0.39, 0.29) is 5.57 Å². The van der Waals surface area contributed by atoms with Gasteiger partial charge in [-0.3, -0.25) is 14.9 Å². The lowest BCUT2D eigenvalue weighted by molar-refractivity contribution is -0.122. The van der Waals surface area contributed by atoms with Crippen LogP contribution >= 0.6 is 15.9 Å². The number of carbonyl (C=O) groups is 3. The zero-order chi connectivity index (χ0) is 27.5. The van der Waals surface area contributed by atoms with Crippen LogP contribution in [0.5, 0.6) is 11.5 Å². The van der Waals surface area contributed by atoms with Crippen molar-refractivity contribution in [2.45, 2.75) is 20.5 Å². The van der Waals surface area contributed by atoms with E-state index in [0.29, 0.717) is 40.4 Å². The molecule has 1 aliphatic rings. The van der Waals surface area contributed by atoms with Crippen molar-refractivity contribution in [1.82, 2.24) is 5.32 Å². The van der Waals surface area contributed by atoms with E-state index in [4.69, 9.17) is 9.47 Å². The van der Waals surface area contributed by atoms with Crippen molar-refractivity contribution in [2.24, 2.45) is 0 Å². The largest absolute Gasteiger partial charge is 0.494 e. The zero-order valence-corrected chi connectivity index (χ0v) is 22.9. The molecule has 0 atom stereocenters. The number of amides is 4. The standard InChI is InChI=1S/C31H25BrN2O5/c1-3-38-23-13-11-22(12-14-23)34-30(36)25(29(35)33-31(34)37)16-20-9-15-28(27(32)17-20)39-18-26-19(2)8-10-21-6-4-5-7-24(21)26/h4-17H,3,18H2,1-2H3,(H,33,35,37)/b25-16+. The summed E-state index contributed by atoms with van der Waals surface area (Å²) >= 11 is 3.55. The Hall–Kier alpha value is -4.43. The molecule has 4 amide bonds. The van der Waals surface area contributed by atoms with Crippen molar-refractivity contribution in [2.75, 3.05) is 11.5 Å². The highest BCUT2D eigenvalue weighted by Crippen LogP contribution is 2.31. The fourth-order valence-electron chi connectivity index (χ4n) is 4.43. The quantitative estimate of drug-likeness (QED) is 0.196.